The van der Waals surface area contributed by atoms with Gasteiger partial charge < -0.3 is 24.4 Å². The Hall–Kier alpha value is -3.36. The molecule has 0 bridgehead atoms. The quantitative estimate of drug-likeness (QED) is 0.759. The van der Waals surface area contributed by atoms with Crippen molar-refractivity contribution >= 4 is 11.8 Å². The lowest BCUT2D eigenvalue weighted by Gasteiger charge is -2.33. The SMILES string of the molecule is COc1cc(OC)c2c(c1)OCC(=O)N(Cc1c(F)cccc1F)C2C(=O)NC(C)(C)C. The highest BCUT2D eigenvalue weighted by molar-refractivity contribution is 5.92. The van der Waals surface area contributed by atoms with Gasteiger partial charge in [0.25, 0.3) is 5.91 Å². The van der Waals surface area contributed by atoms with E-state index in [0.717, 1.165) is 17.0 Å². The Labute approximate surface area is 185 Å². The molecule has 9 heteroatoms. The van der Waals surface area contributed by atoms with Crippen LogP contribution in [0.1, 0.15) is 37.9 Å². The molecule has 0 saturated carbocycles. The molecule has 2 aromatic rings. The summed E-state index contributed by atoms with van der Waals surface area (Å²) in [4.78, 5) is 27.6. The summed E-state index contributed by atoms with van der Waals surface area (Å²) in [7, 11) is 2.86. The molecule has 0 saturated heterocycles. The summed E-state index contributed by atoms with van der Waals surface area (Å²) in [6.45, 7) is 4.45. The van der Waals surface area contributed by atoms with Gasteiger partial charge in [-0.25, -0.2) is 8.78 Å². The Bertz CT molecular complexity index is 1020. The minimum atomic E-state index is -1.26. The first-order chi connectivity index (χ1) is 15.1. The fourth-order valence-corrected chi connectivity index (χ4v) is 3.52. The number of hydrogen-bond acceptors (Lipinski definition) is 5. The molecule has 172 valence electrons. The number of rotatable bonds is 5. The molecule has 0 fully saturated rings. The summed E-state index contributed by atoms with van der Waals surface area (Å²) in [6.07, 6.45) is 0. The molecule has 32 heavy (non-hydrogen) atoms. The monoisotopic (exact) mass is 448 g/mol. The number of carbonyl (C=O) groups is 2. The van der Waals surface area contributed by atoms with Gasteiger partial charge in [0.2, 0.25) is 5.91 Å². The molecule has 1 atom stereocenters. The number of hydrogen-bond donors (Lipinski definition) is 1. The van der Waals surface area contributed by atoms with Crippen molar-refractivity contribution in [1.29, 1.82) is 0 Å². The number of nitrogens with one attached hydrogen (secondary N) is 1. The lowest BCUT2D eigenvalue weighted by molar-refractivity contribution is -0.142. The maximum absolute atomic E-state index is 14.4. The van der Waals surface area contributed by atoms with Gasteiger partial charge in [-0.3, -0.25) is 9.59 Å². The Morgan fingerprint density at radius 2 is 1.84 bits per heavy atom. The molecule has 0 radical (unpaired) electrons. The van der Waals surface area contributed by atoms with Crippen molar-refractivity contribution in [3.8, 4) is 17.2 Å². The molecule has 1 heterocycles. The van der Waals surface area contributed by atoms with Crippen LogP contribution < -0.4 is 19.5 Å². The van der Waals surface area contributed by atoms with Crippen molar-refractivity contribution in [2.75, 3.05) is 20.8 Å². The Balaban J connectivity index is 2.20. The molecular weight excluding hydrogens is 422 g/mol. The second-order valence-electron chi connectivity index (χ2n) is 8.39. The molecular formula is C23H26F2N2O5. The van der Waals surface area contributed by atoms with Crippen molar-refractivity contribution in [1.82, 2.24) is 10.2 Å². The van der Waals surface area contributed by atoms with Gasteiger partial charge >= 0.3 is 0 Å². The minimum absolute atomic E-state index is 0.208. The molecule has 3 rings (SSSR count). The first kappa shape index (κ1) is 23.3. The predicted octanol–water partition coefficient (Wildman–Crippen LogP) is 3.36. The zero-order valence-electron chi connectivity index (χ0n) is 18.6. The average Bonchev–Trinajstić information content (AvgIpc) is 2.85. The largest absolute Gasteiger partial charge is 0.496 e. The molecule has 7 nitrogen and oxygen atoms in total. The number of benzene rings is 2. The zero-order chi connectivity index (χ0) is 23.6. The van der Waals surface area contributed by atoms with E-state index in [-0.39, 0.29) is 22.6 Å². The van der Waals surface area contributed by atoms with Crippen LogP contribution in [-0.4, -0.2) is 43.1 Å². The van der Waals surface area contributed by atoms with Gasteiger partial charge in [0.15, 0.2) is 6.61 Å². The first-order valence-corrected chi connectivity index (χ1v) is 9.98. The van der Waals surface area contributed by atoms with Crippen LogP contribution in [0.15, 0.2) is 30.3 Å². The Morgan fingerprint density at radius 1 is 1.19 bits per heavy atom. The summed E-state index contributed by atoms with van der Waals surface area (Å²) < 4.78 is 45.2. The zero-order valence-corrected chi connectivity index (χ0v) is 18.6. The topological polar surface area (TPSA) is 77.1 Å². The van der Waals surface area contributed by atoms with Crippen LogP contribution in [0, 0.1) is 11.6 Å². The highest BCUT2D eigenvalue weighted by Crippen LogP contribution is 2.43. The maximum atomic E-state index is 14.4. The summed E-state index contributed by atoms with van der Waals surface area (Å²) in [5.74, 6) is -1.95. The maximum Gasteiger partial charge on any atom is 0.261 e. The lowest BCUT2D eigenvalue weighted by Crippen LogP contribution is -2.49. The van der Waals surface area contributed by atoms with Crippen LogP contribution >= 0.6 is 0 Å². The molecule has 1 aliphatic heterocycles. The minimum Gasteiger partial charge on any atom is -0.496 e. The highest BCUT2D eigenvalue weighted by atomic mass is 19.1. The van der Waals surface area contributed by atoms with Crippen molar-refractivity contribution in [2.45, 2.75) is 38.9 Å². The molecule has 0 aliphatic carbocycles. The highest BCUT2D eigenvalue weighted by Gasteiger charge is 2.40. The van der Waals surface area contributed by atoms with Crippen molar-refractivity contribution < 1.29 is 32.6 Å². The van der Waals surface area contributed by atoms with Crippen LogP contribution in [0.5, 0.6) is 17.2 Å². The summed E-state index contributed by atoms with van der Waals surface area (Å²) >= 11 is 0. The number of ether oxygens (including phenoxy) is 3. The van der Waals surface area contributed by atoms with Gasteiger partial charge in [-0.1, -0.05) is 6.07 Å². The van der Waals surface area contributed by atoms with Crippen LogP contribution in [0.2, 0.25) is 0 Å². The molecule has 1 unspecified atom stereocenters. The van der Waals surface area contributed by atoms with E-state index in [1.54, 1.807) is 26.8 Å². The van der Waals surface area contributed by atoms with Crippen LogP contribution in [0.3, 0.4) is 0 Å². The lowest BCUT2D eigenvalue weighted by atomic mass is 9.98. The molecule has 1 aliphatic rings. The van der Waals surface area contributed by atoms with Gasteiger partial charge in [-0.15, -0.1) is 0 Å². The fraction of sp³-hybridized carbons (Fsp3) is 0.391. The number of halogens is 2. The van der Waals surface area contributed by atoms with Gasteiger partial charge in [0, 0.05) is 23.2 Å². The van der Waals surface area contributed by atoms with Gasteiger partial charge in [-0.2, -0.15) is 0 Å². The molecule has 1 N–H and O–H groups in total. The molecule has 0 spiro atoms. The van der Waals surface area contributed by atoms with Crippen molar-refractivity contribution in [3.05, 3.63) is 53.1 Å². The number of methoxy groups -OCH3 is 2. The van der Waals surface area contributed by atoms with E-state index in [1.807, 2.05) is 0 Å². The number of nitrogens with zero attached hydrogens (tertiary/aromatic N) is 1. The average molecular weight is 448 g/mol. The van der Waals surface area contributed by atoms with Gasteiger partial charge in [-0.05, 0) is 32.9 Å². The third-order valence-electron chi connectivity index (χ3n) is 4.93. The number of amides is 2. The predicted molar refractivity (Wildman–Crippen MR) is 113 cm³/mol. The summed E-state index contributed by atoms with van der Waals surface area (Å²) in [6, 6.07) is 5.25. The van der Waals surface area contributed by atoms with Gasteiger partial charge in [0.05, 0.1) is 26.3 Å². The smallest absolute Gasteiger partial charge is 0.261 e. The molecule has 0 aromatic heterocycles. The van der Waals surface area contributed by atoms with E-state index in [0.29, 0.717) is 5.75 Å². The van der Waals surface area contributed by atoms with E-state index in [4.69, 9.17) is 14.2 Å². The third kappa shape index (κ3) is 4.76. The van der Waals surface area contributed by atoms with Crippen LogP contribution in [-0.2, 0) is 16.1 Å². The normalized spacial score (nSPS) is 16.0. The standard InChI is InChI=1S/C23H26F2N2O5/c1-23(2,3)26-22(29)21-20-17(31-5)9-13(30-4)10-18(20)32-12-19(28)27(21)11-14-15(24)7-6-8-16(14)25/h6-10,21H,11-12H2,1-5H3,(H,26,29). The van der Waals surface area contributed by atoms with E-state index in [1.165, 1.54) is 26.4 Å². The van der Waals surface area contributed by atoms with E-state index in [9.17, 15) is 18.4 Å². The number of fused-ring (bicyclic) bond motifs is 1. The van der Waals surface area contributed by atoms with Crippen LogP contribution in [0.4, 0.5) is 8.78 Å². The van der Waals surface area contributed by atoms with Crippen molar-refractivity contribution in [2.24, 2.45) is 0 Å². The van der Waals surface area contributed by atoms with Gasteiger partial charge in [0.1, 0.15) is 34.9 Å². The van der Waals surface area contributed by atoms with Crippen molar-refractivity contribution in [3.63, 3.8) is 0 Å². The van der Waals surface area contributed by atoms with E-state index in [2.05, 4.69) is 5.32 Å². The fourth-order valence-electron chi connectivity index (χ4n) is 3.52. The van der Waals surface area contributed by atoms with Crippen LogP contribution in [0.25, 0.3) is 0 Å². The summed E-state index contributed by atoms with van der Waals surface area (Å²) in [5, 5.41) is 2.84. The number of carbonyl (C=O) groups excluding carboxylic acids is 2. The molecule has 2 aromatic carbocycles. The molecule has 2 amide bonds. The third-order valence-corrected chi connectivity index (χ3v) is 4.93. The second kappa shape index (κ2) is 9.02. The Kier molecular flexibility index (Phi) is 6.57. The van der Waals surface area contributed by atoms with E-state index < -0.39 is 48.2 Å². The van der Waals surface area contributed by atoms with E-state index >= 15 is 0 Å². The second-order valence-corrected chi connectivity index (χ2v) is 8.39. The summed E-state index contributed by atoms with van der Waals surface area (Å²) in [5.41, 5.74) is -0.704. The Morgan fingerprint density at radius 3 is 2.41 bits per heavy atom. The first-order valence-electron chi connectivity index (χ1n) is 9.98.